The number of allylic oxidation sites excluding steroid dienone is 1. The van der Waals surface area contributed by atoms with E-state index >= 15 is 0 Å². The predicted octanol–water partition coefficient (Wildman–Crippen LogP) is 3.14. The lowest BCUT2D eigenvalue weighted by Gasteiger charge is -2.18. The van der Waals surface area contributed by atoms with Crippen molar-refractivity contribution in [2.45, 2.75) is 32.4 Å². The second-order valence-corrected chi connectivity index (χ2v) is 6.65. The summed E-state index contributed by atoms with van der Waals surface area (Å²) in [6.45, 7) is 4.54. The van der Waals surface area contributed by atoms with Gasteiger partial charge in [-0.25, -0.2) is 4.79 Å². The topological polar surface area (TPSA) is 78.8 Å². The second kappa shape index (κ2) is 10.5. The van der Waals surface area contributed by atoms with Crippen LogP contribution in [0.4, 0.5) is 0 Å². The number of aliphatic hydroxyl groups excluding tert-OH is 1. The Morgan fingerprint density at radius 1 is 1.15 bits per heavy atom. The summed E-state index contributed by atoms with van der Waals surface area (Å²) in [7, 11) is 0. The van der Waals surface area contributed by atoms with E-state index < -0.39 is 12.1 Å². The molecule has 0 aliphatic carbocycles. The second-order valence-electron chi connectivity index (χ2n) is 6.65. The Balaban J connectivity index is 1.75. The maximum Gasteiger partial charge on any atom is 0.328 e. The van der Waals surface area contributed by atoms with Crippen LogP contribution in [0.1, 0.15) is 25.0 Å². The number of hydrogen-bond donors (Lipinski definition) is 3. The fraction of sp³-hybridized carbons (Fsp3) is 0.318. The summed E-state index contributed by atoms with van der Waals surface area (Å²) in [5.74, 6) is -0.193. The molecular weight excluding hydrogens is 342 g/mol. The summed E-state index contributed by atoms with van der Waals surface area (Å²) < 4.78 is 5.54. The number of carbonyl (C=O) groups is 1. The number of ether oxygens (including phenoxy) is 1. The molecule has 2 atom stereocenters. The number of hydrogen-bond acceptors (Lipinski definition) is 4. The zero-order valence-electron chi connectivity index (χ0n) is 15.8. The number of rotatable bonds is 10. The molecule has 2 aromatic rings. The summed E-state index contributed by atoms with van der Waals surface area (Å²) in [6.07, 6.45) is 1.44. The monoisotopic (exact) mass is 369 g/mol. The summed E-state index contributed by atoms with van der Waals surface area (Å²) in [5.41, 5.74) is 2.77. The van der Waals surface area contributed by atoms with Crippen LogP contribution in [0.2, 0.25) is 0 Å². The average Bonchev–Trinajstić information content (AvgIpc) is 2.65. The van der Waals surface area contributed by atoms with E-state index in [0.717, 1.165) is 28.9 Å². The van der Waals surface area contributed by atoms with Crippen molar-refractivity contribution in [3.05, 3.63) is 71.8 Å². The zero-order valence-corrected chi connectivity index (χ0v) is 15.8. The van der Waals surface area contributed by atoms with Crippen molar-refractivity contribution < 1.29 is 19.7 Å². The van der Waals surface area contributed by atoms with Crippen LogP contribution in [0.15, 0.2) is 60.7 Å². The number of nitrogens with one attached hydrogen (secondary N) is 1. The minimum Gasteiger partial charge on any atom is -0.491 e. The Morgan fingerprint density at radius 2 is 1.81 bits per heavy atom. The lowest BCUT2D eigenvalue weighted by molar-refractivity contribution is -0.131. The highest BCUT2D eigenvalue weighted by Gasteiger charge is 2.09. The Kier molecular flexibility index (Phi) is 8.04. The third-order valence-corrected chi connectivity index (χ3v) is 4.18. The van der Waals surface area contributed by atoms with Gasteiger partial charge in [-0.15, -0.1) is 0 Å². The highest BCUT2D eigenvalue weighted by atomic mass is 16.5. The van der Waals surface area contributed by atoms with E-state index in [-0.39, 0.29) is 12.6 Å². The van der Waals surface area contributed by atoms with E-state index in [2.05, 4.69) is 12.2 Å². The summed E-state index contributed by atoms with van der Waals surface area (Å²) in [5, 5.41) is 22.2. The van der Waals surface area contributed by atoms with Gasteiger partial charge in [-0.1, -0.05) is 42.5 Å². The highest BCUT2D eigenvalue weighted by Crippen LogP contribution is 2.15. The van der Waals surface area contributed by atoms with E-state index in [1.165, 1.54) is 6.08 Å². The van der Waals surface area contributed by atoms with E-state index in [4.69, 9.17) is 9.84 Å². The van der Waals surface area contributed by atoms with E-state index in [1.54, 1.807) is 6.92 Å². The first kappa shape index (κ1) is 20.7. The van der Waals surface area contributed by atoms with Gasteiger partial charge in [0.25, 0.3) is 0 Å². The first-order chi connectivity index (χ1) is 12.9. The Hall–Kier alpha value is -2.63. The highest BCUT2D eigenvalue weighted by molar-refractivity contribution is 5.89. The molecule has 0 bridgehead atoms. The van der Waals surface area contributed by atoms with Crippen molar-refractivity contribution >= 4 is 11.5 Å². The number of benzene rings is 2. The molecule has 0 amide bonds. The van der Waals surface area contributed by atoms with Crippen LogP contribution in [0.5, 0.6) is 5.75 Å². The van der Waals surface area contributed by atoms with Crippen molar-refractivity contribution in [3.63, 3.8) is 0 Å². The summed E-state index contributed by atoms with van der Waals surface area (Å²) >= 11 is 0. The van der Waals surface area contributed by atoms with Gasteiger partial charge in [0.05, 0.1) is 0 Å². The molecule has 0 fully saturated rings. The van der Waals surface area contributed by atoms with E-state index in [9.17, 15) is 9.90 Å². The fourth-order valence-electron chi connectivity index (χ4n) is 2.70. The molecule has 0 aliphatic heterocycles. The fourth-order valence-corrected chi connectivity index (χ4v) is 2.70. The van der Waals surface area contributed by atoms with Gasteiger partial charge in [0.15, 0.2) is 0 Å². The van der Waals surface area contributed by atoms with Gasteiger partial charge in [0.1, 0.15) is 18.5 Å². The van der Waals surface area contributed by atoms with Gasteiger partial charge in [-0.05, 0) is 49.1 Å². The lowest BCUT2D eigenvalue weighted by Crippen LogP contribution is -2.37. The molecule has 5 nitrogen and oxygen atoms in total. The van der Waals surface area contributed by atoms with Gasteiger partial charge in [0, 0.05) is 18.7 Å². The predicted molar refractivity (Wildman–Crippen MR) is 107 cm³/mol. The Morgan fingerprint density at radius 3 is 2.44 bits per heavy atom. The maximum atomic E-state index is 10.7. The van der Waals surface area contributed by atoms with Gasteiger partial charge in [-0.2, -0.15) is 0 Å². The minimum atomic E-state index is -0.941. The minimum absolute atomic E-state index is 0.192. The molecule has 0 heterocycles. The van der Waals surface area contributed by atoms with Crippen molar-refractivity contribution in [2.24, 2.45) is 0 Å². The van der Waals surface area contributed by atoms with E-state index in [1.807, 2.05) is 54.6 Å². The van der Waals surface area contributed by atoms with Crippen molar-refractivity contribution in [1.29, 1.82) is 0 Å². The largest absolute Gasteiger partial charge is 0.491 e. The number of carboxylic acids is 1. The van der Waals surface area contributed by atoms with Crippen molar-refractivity contribution in [2.75, 3.05) is 13.2 Å². The molecule has 0 aliphatic rings. The molecule has 2 rings (SSSR count). The van der Waals surface area contributed by atoms with Crippen LogP contribution in [0.25, 0.3) is 5.57 Å². The van der Waals surface area contributed by atoms with Crippen molar-refractivity contribution in [1.82, 2.24) is 5.32 Å². The molecule has 144 valence electrons. The Labute approximate surface area is 160 Å². The van der Waals surface area contributed by atoms with Gasteiger partial charge < -0.3 is 20.3 Å². The maximum absolute atomic E-state index is 10.7. The molecule has 27 heavy (non-hydrogen) atoms. The molecule has 0 radical (unpaired) electrons. The first-order valence-electron chi connectivity index (χ1n) is 9.04. The number of para-hydroxylation sites is 1. The quantitative estimate of drug-likeness (QED) is 0.561. The lowest BCUT2D eigenvalue weighted by atomic mass is 10.0. The molecule has 0 aromatic heterocycles. The number of aliphatic hydroxyl groups is 1. The molecule has 2 aromatic carbocycles. The van der Waals surface area contributed by atoms with Gasteiger partial charge in [-0.3, -0.25) is 0 Å². The van der Waals surface area contributed by atoms with Crippen LogP contribution in [-0.4, -0.2) is 41.5 Å². The average molecular weight is 369 g/mol. The van der Waals surface area contributed by atoms with Gasteiger partial charge >= 0.3 is 5.97 Å². The standard InChI is InChI=1S/C22H27NO4/c1-16(12-22(25)26)19-10-8-18(9-11-19)13-17(2)23-14-20(24)15-27-21-6-4-3-5-7-21/h3-12,17,20,23-24H,13-15H2,1-2H3,(H,25,26)/b16-12+/t17-,20+/m1/s1. The molecule has 0 spiro atoms. The normalized spacial score (nSPS) is 13.8. The molecule has 0 unspecified atom stereocenters. The summed E-state index contributed by atoms with van der Waals surface area (Å²) in [4.78, 5) is 10.7. The van der Waals surface area contributed by atoms with Crippen molar-refractivity contribution in [3.8, 4) is 5.75 Å². The SMILES string of the molecule is C/C(=C\C(=O)O)c1ccc(C[C@@H](C)NC[C@H](O)COc2ccccc2)cc1. The summed E-state index contributed by atoms with van der Waals surface area (Å²) in [6, 6.07) is 17.5. The number of aliphatic carboxylic acids is 1. The van der Waals surface area contributed by atoms with Crippen LogP contribution in [-0.2, 0) is 11.2 Å². The smallest absolute Gasteiger partial charge is 0.328 e. The zero-order chi connectivity index (χ0) is 19.6. The molecular formula is C22H27NO4. The molecule has 3 N–H and O–H groups in total. The first-order valence-corrected chi connectivity index (χ1v) is 9.04. The Bertz CT molecular complexity index is 741. The molecule has 0 saturated carbocycles. The van der Waals surface area contributed by atoms with Gasteiger partial charge in [0.2, 0.25) is 0 Å². The van der Waals surface area contributed by atoms with Crippen LogP contribution >= 0.6 is 0 Å². The van der Waals surface area contributed by atoms with Crippen LogP contribution < -0.4 is 10.1 Å². The number of carboxylic acid groups (broad SMARTS) is 1. The third kappa shape index (κ3) is 7.64. The van der Waals surface area contributed by atoms with E-state index in [0.29, 0.717) is 6.54 Å². The van der Waals surface area contributed by atoms with Crippen LogP contribution in [0, 0.1) is 0 Å². The third-order valence-electron chi connectivity index (χ3n) is 4.18. The molecule has 5 heteroatoms. The molecule has 0 saturated heterocycles. The van der Waals surface area contributed by atoms with Crippen LogP contribution in [0.3, 0.4) is 0 Å².